The summed E-state index contributed by atoms with van der Waals surface area (Å²) < 4.78 is 31.7. The molecule has 0 spiro atoms. The summed E-state index contributed by atoms with van der Waals surface area (Å²) in [6, 6.07) is 4.28. The first kappa shape index (κ1) is 15.2. The zero-order chi connectivity index (χ0) is 14.0. The van der Waals surface area contributed by atoms with Crippen molar-refractivity contribution in [3.8, 4) is 5.75 Å². The predicted octanol–water partition coefficient (Wildman–Crippen LogP) is 1.36. The number of rotatable bonds is 5. The molecule has 7 heteroatoms. The van der Waals surface area contributed by atoms with Gasteiger partial charge in [-0.2, -0.15) is 0 Å². The van der Waals surface area contributed by atoms with E-state index in [-0.39, 0.29) is 16.5 Å². The smallest absolute Gasteiger partial charge is 0.241 e. The molecule has 0 bridgehead atoms. The van der Waals surface area contributed by atoms with E-state index in [1.54, 1.807) is 13.8 Å². The molecule has 0 saturated heterocycles. The van der Waals surface area contributed by atoms with E-state index in [4.69, 9.17) is 22.1 Å². The van der Waals surface area contributed by atoms with Gasteiger partial charge in [-0.3, -0.25) is 0 Å². The third-order valence-corrected chi connectivity index (χ3v) is 4.35. The standard InChI is InChI=1S/C11H17ClN2O3S/c1-11(2,7-13)14-18(15,16)8-4-5-10(17-3)9(12)6-8/h4-6,14H,7,13H2,1-3H3. The molecule has 1 aromatic rings. The zero-order valence-electron chi connectivity index (χ0n) is 10.5. The van der Waals surface area contributed by atoms with Crippen molar-refractivity contribution < 1.29 is 13.2 Å². The largest absolute Gasteiger partial charge is 0.495 e. The fourth-order valence-corrected chi connectivity index (χ4v) is 3.05. The summed E-state index contributed by atoms with van der Waals surface area (Å²) in [7, 11) is -2.18. The van der Waals surface area contributed by atoms with Crippen LogP contribution in [0, 0.1) is 0 Å². The average molecular weight is 293 g/mol. The molecule has 0 fully saturated rings. The number of hydrogen-bond donors (Lipinski definition) is 2. The molecule has 5 nitrogen and oxygen atoms in total. The molecular formula is C11H17ClN2O3S. The summed E-state index contributed by atoms with van der Waals surface area (Å²) >= 11 is 5.90. The minimum atomic E-state index is -3.65. The van der Waals surface area contributed by atoms with Crippen molar-refractivity contribution in [1.29, 1.82) is 0 Å². The Morgan fingerprint density at radius 1 is 1.44 bits per heavy atom. The van der Waals surface area contributed by atoms with Crippen LogP contribution in [0.5, 0.6) is 5.75 Å². The number of nitrogens with two attached hydrogens (primary N) is 1. The maximum Gasteiger partial charge on any atom is 0.241 e. The molecule has 3 N–H and O–H groups in total. The summed E-state index contributed by atoms with van der Waals surface area (Å²) in [4.78, 5) is 0.0785. The molecular weight excluding hydrogens is 276 g/mol. The van der Waals surface area contributed by atoms with Gasteiger partial charge in [0.05, 0.1) is 17.0 Å². The summed E-state index contributed by atoms with van der Waals surface area (Å²) in [5, 5.41) is 0.242. The first-order valence-corrected chi connectivity index (χ1v) is 7.15. The van der Waals surface area contributed by atoms with E-state index in [2.05, 4.69) is 4.72 Å². The van der Waals surface area contributed by atoms with Crippen molar-refractivity contribution >= 4 is 21.6 Å². The van der Waals surface area contributed by atoms with Crippen LogP contribution >= 0.6 is 11.6 Å². The lowest BCUT2D eigenvalue weighted by Crippen LogP contribution is -2.48. The second kappa shape index (κ2) is 5.44. The highest BCUT2D eigenvalue weighted by Gasteiger charge is 2.25. The van der Waals surface area contributed by atoms with Gasteiger partial charge in [0.15, 0.2) is 0 Å². The van der Waals surface area contributed by atoms with Gasteiger partial charge in [0.2, 0.25) is 10.0 Å². The van der Waals surface area contributed by atoms with Crippen LogP contribution in [0.3, 0.4) is 0 Å². The monoisotopic (exact) mass is 292 g/mol. The zero-order valence-corrected chi connectivity index (χ0v) is 12.1. The van der Waals surface area contributed by atoms with E-state index in [9.17, 15) is 8.42 Å². The van der Waals surface area contributed by atoms with Crippen LogP contribution in [-0.2, 0) is 10.0 Å². The van der Waals surface area contributed by atoms with E-state index in [1.807, 2.05) is 0 Å². The number of benzene rings is 1. The Kier molecular flexibility index (Phi) is 4.61. The van der Waals surface area contributed by atoms with Crippen LogP contribution < -0.4 is 15.2 Å². The molecule has 0 saturated carbocycles. The number of methoxy groups -OCH3 is 1. The van der Waals surface area contributed by atoms with Crippen molar-refractivity contribution in [1.82, 2.24) is 4.72 Å². The van der Waals surface area contributed by atoms with Crippen LogP contribution in [0.4, 0.5) is 0 Å². The maximum absolute atomic E-state index is 12.1. The Morgan fingerprint density at radius 2 is 2.06 bits per heavy atom. The fourth-order valence-electron chi connectivity index (χ4n) is 1.28. The minimum absolute atomic E-state index is 0.0785. The molecule has 0 aromatic heterocycles. The van der Waals surface area contributed by atoms with Crippen LogP contribution in [0.25, 0.3) is 0 Å². The number of nitrogens with one attached hydrogen (secondary N) is 1. The van der Waals surface area contributed by atoms with Crippen molar-refractivity contribution in [3.05, 3.63) is 23.2 Å². The third-order valence-electron chi connectivity index (χ3n) is 2.35. The Hall–Kier alpha value is -0.820. The molecule has 0 aliphatic carbocycles. The van der Waals surface area contributed by atoms with Crippen LogP contribution in [-0.4, -0.2) is 27.6 Å². The molecule has 0 radical (unpaired) electrons. The van der Waals surface area contributed by atoms with Gasteiger partial charge in [0.1, 0.15) is 5.75 Å². The molecule has 0 heterocycles. The maximum atomic E-state index is 12.1. The van der Waals surface area contributed by atoms with Gasteiger partial charge in [-0.25, -0.2) is 13.1 Å². The van der Waals surface area contributed by atoms with Crippen molar-refractivity contribution in [3.63, 3.8) is 0 Å². The Morgan fingerprint density at radius 3 is 2.50 bits per heavy atom. The predicted molar refractivity (Wildman–Crippen MR) is 71.5 cm³/mol. The van der Waals surface area contributed by atoms with E-state index in [0.717, 1.165) is 0 Å². The highest BCUT2D eigenvalue weighted by molar-refractivity contribution is 7.89. The van der Waals surface area contributed by atoms with Gasteiger partial charge in [-0.1, -0.05) is 11.6 Å². The topological polar surface area (TPSA) is 81.4 Å². The van der Waals surface area contributed by atoms with Crippen molar-refractivity contribution in [2.75, 3.05) is 13.7 Å². The highest BCUT2D eigenvalue weighted by atomic mass is 35.5. The van der Waals surface area contributed by atoms with E-state index in [1.165, 1.54) is 25.3 Å². The lowest BCUT2D eigenvalue weighted by atomic mass is 10.1. The van der Waals surface area contributed by atoms with E-state index >= 15 is 0 Å². The fraction of sp³-hybridized carbons (Fsp3) is 0.455. The lowest BCUT2D eigenvalue weighted by molar-refractivity contribution is 0.414. The molecule has 1 rings (SSSR count). The number of hydrogen-bond acceptors (Lipinski definition) is 4. The van der Waals surface area contributed by atoms with Crippen LogP contribution in [0.1, 0.15) is 13.8 Å². The normalized spacial score (nSPS) is 12.5. The number of ether oxygens (including phenoxy) is 1. The summed E-state index contributed by atoms with van der Waals surface area (Å²) in [6.07, 6.45) is 0. The molecule has 0 unspecified atom stereocenters. The van der Waals surface area contributed by atoms with Crippen LogP contribution in [0.15, 0.2) is 23.1 Å². The Bertz CT molecular complexity index is 529. The highest BCUT2D eigenvalue weighted by Crippen LogP contribution is 2.27. The minimum Gasteiger partial charge on any atom is -0.495 e. The summed E-state index contributed by atoms with van der Waals surface area (Å²) in [6.45, 7) is 3.60. The quantitative estimate of drug-likeness (QED) is 0.859. The Balaban J connectivity index is 3.10. The first-order valence-electron chi connectivity index (χ1n) is 5.29. The van der Waals surface area contributed by atoms with Gasteiger partial charge in [-0.05, 0) is 32.0 Å². The molecule has 1 aromatic carbocycles. The average Bonchev–Trinajstić information content (AvgIpc) is 2.27. The lowest BCUT2D eigenvalue weighted by Gasteiger charge is -2.24. The second-order valence-electron chi connectivity index (χ2n) is 4.49. The molecule has 0 aliphatic rings. The Labute approximate surface area is 112 Å². The number of sulfonamides is 1. The number of halogens is 1. The molecule has 0 aliphatic heterocycles. The molecule has 18 heavy (non-hydrogen) atoms. The van der Waals surface area contributed by atoms with Gasteiger partial charge < -0.3 is 10.5 Å². The van der Waals surface area contributed by atoms with Gasteiger partial charge in [0.25, 0.3) is 0 Å². The molecule has 0 amide bonds. The van der Waals surface area contributed by atoms with Gasteiger partial charge in [-0.15, -0.1) is 0 Å². The molecule has 0 atom stereocenters. The van der Waals surface area contributed by atoms with E-state index in [0.29, 0.717) is 5.75 Å². The van der Waals surface area contributed by atoms with Crippen molar-refractivity contribution in [2.45, 2.75) is 24.3 Å². The third kappa shape index (κ3) is 3.58. The summed E-state index contributed by atoms with van der Waals surface area (Å²) in [5.41, 5.74) is 4.78. The SMILES string of the molecule is COc1ccc(S(=O)(=O)NC(C)(C)CN)cc1Cl. The van der Waals surface area contributed by atoms with Crippen molar-refractivity contribution in [2.24, 2.45) is 5.73 Å². The van der Waals surface area contributed by atoms with Gasteiger partial charge >= 0.3 is 0 Å². The first-order chi connectivity index (χ1) is 8.22. The second-order valence-corrected chi connectivity index (χ2v) is 6.58. The van der Waals surface area contributed by atoms with E-state index < -0.39 is 15.6 Å². The summed E-state index contributed by atoms with van der Waals surface area (Å²) in [5.74, 6) is 0.425. The van der Waals surface area contributed by atoms with Crippen LogP contribution in [0.2, 0.25) is 5.02 Å². The van der Waals surface area contributed by atoms with Gasteiger partial charge in [0, 0.05) is 12.1 Å². The molecule has 102 valence electrons.